The van der Waals surface area contributed by atoms with Gasteiger partial charge in [0.25, 0.3) is 0 Å². The predicted octanol–water partition coefficient (Wildman–Crippen LogP) is 13.1. The van der Waals surface area contributed by atoms with Crippen molar-refractivity contribution in [2.45, 2.75) is 117 Å². The molecular weight excluding hydrogens is 505 g/mol. The van der Waals surface area contributed by atoms with Gasteiger partial charge in [0, 0.05) is 39.3 Å². The Bertz CT molecular complexity index is 1310. The Morgan fingerprint density at radius 2 is 0.811 bits per heavy atom. The van der Waals surface area contributed by atoms with Gasteiger partial charge in [-0.25, -0.2) is 0 Å². The lowest BCUT2D eigenvalue weighted by Crippen LogP contribution is -1.83. The third-order valence-electron chi connectivity index (χ3n) is 7.90. The average molecular weight is 549 g/mol. The molecule has 37 heavy (non-hydrogen) atoms. The highest BCUT2D eigenvalue weighted by Gasteiger charge is 2.12. The van der Waals surface area contributed by atoms with E-state index in [0.29, 0.717) is 0 Å². The van der Waals surface area contributed by atoms with Gasteiger partial charge in [-0.05, 0) is 72.9 Å². The smallest absolute Gasteiger partial charge is 0.0369 e. The van der Waals surface area contributed by atoms with Gasteiger partial charge in [0.2, 0.25) is 0 Å². The molecule has 0 unspecified atom stereocenters. The molecule has 2 aromatic carbocycles. The van der Waals surface area contributed by atoms with Crippen LogP contribution in [0.5, 0.6) is 0 Å². The van der Waals surface area contributed by atoms with Crippen LogP contribution < -0.4 is 0 Å². The second-order valence-electron chi connectivity index (χ2n) is 11.0. The Kier molecular flexibility index (Phi) is 9.97. The number of aryl methyl sites for hydroxylation is 2. The normalized spacial score (nSPS) is 12.2. The van der Waals surface area contributed by atoms with Gasteiger partial charge < -0.3 is 0 Å². The third kappa shape index (κ3) is 6.97. The molecule has 3 heterocycles. The summed E-state index contributed by atoms with van der Waals surface area (Å²) in [5.41, 5.74) is 0. The van der Waals surface area contributed by atoms with Gasteiger partial charge in [-0.3, -0.25) is 0 Å². The van der Waals surface area contributed by atoms with E-state index in [9.17, 15) is 0 Å². The quantitative estimate of drug-likeness (QED) is 0.108. The molecular formula is C34H44S3. The monoisotopic (exact) mass is 548 g/mol. The van der Waals surface area contributed by atoms with Crippen LogP contribution in [-0.2, 0) is 12.8 Å². The number of hydrogen-bond acceptors (Lipinski definition) is 3. The molecule has 198 valence electrons. The lowest BCUT2D eigenvalue weighted by Gasteiger charge is -1.99. The van der Waals surface area contributed by atoms with E-state index in [1.165, 1.54) is 143 Å². The van der Waals surface area contributed by atoms with E-state index < -0.39 is 0 Å². The number of unbranched alkanes of at least 4 members (excludes halogenated alkanes) is 12. The van der Waals surface area contributed by atoms with Crippen molar-refractivity contribution >= 4 is 74.4 Å². The van der Waals surface area contributed by atoms with Crippen molar-refractivity contribution in [3.05, 3.63) is 46.2 Å². The maximum absolute atomic E-state index is 2.48. The van der Waals surface area contributed by atoms with Crippen LogP contribution in [0.4, 0.5) is 0 Å². The number of benzene rings is 2. The summed E-state index contributed by atoms with van der Waals surface area (Å²) in [7, 11) is 0. The Labute approximate surface area is 236 Å². The standard InChI is InChI=1S/C34H44S3/c1-3-5-7-9-11-13-15-17-27-19-25-21-29-30-22-26-20-28(18-16-14-12-10-8-6-4-2)36-32(26)24-34(30)37-33(29)23-31(25)35-27/h19-24H,3-18H2,1-2H3. The molecule has 0 aliphatic heterocycles. The zero-order chi connectivity index (χ0) is 25.5. The van der Waals surface area contributed by atoms with Crippen molar-refractivity contribution in [3.8, 4) is 0 Å². The van der Waals surface area contributed by atoms with Crippen LogP contribution >= 0.6 is 34.0 Å². The van der Waals surface area contributed by atoms with Crippen LogP contribution in [0.3, 0.4) is 0 Å². The second kappa shape index (κ2) is 13.6. The highest BCUT2D eigenvalue weighted by Crippen LogP contribution is 2.42. The van der Waals surface area contributed by atoms with Gasteiger partial charge in [-0.15, -0.1) is 34.0 Å². The molecule has 5 aromatic rings. The number of hydrogen-bond donors (Lipinski definition) is 0. The summed E-state index contributed by atoms with van der Waals surface area (Å²) in [4.78, 5) is 3.14. The molecule has 0 radical (unpaired) electrons. The second-order valence-corrected chi connectivity index (χ2v) is 14.5. The molecule has 0 fully saturated rings. The van der Waals surface area contributed by atoms with Crippen molar-refractivity contribution < 1.29 is 0 Å². The molecule has 0 saturated heterocycles. The lowest BCUT2D eigenvalue weighted by molar-refractivity contribution is 0.590. The summed E-state index contributed by atoms with van der Waals surface area (Å²) in [5, 5.41) is 5.80. The van der Waals surface area contributed by atoms with Gasteiger partial charge in [0.05, 0.1) is 0 Å². The first kappa shape index (κ1) is 27.2. The van der Waals surface area contributed by atoms with Gasteiger partial charge in [-0.1, -0.05) is 90.9 Å². The first-order valence-electron chi connectivity index (χ1n) is 15.1. The van der Waals surface area contributed by atoms with Crippen molar-refractivity contribution in [2.24, 2.45) is 0 Å². The summed E-state index contributed by atoms with van der Waals surface area (Å²) >= 11 is 6.03. The van der Waals surface area contributed by atoms with Crippen molar-refractivity contribution in [2.75, 3.05) is 0 Å². The molecule has 3 aromatic heterocycles. The van der Waals surface area contributed by atoms with E-state index in [1.807, 2.05) is 34.0 Å². The fraction of sp³-hybridized carbons (Fsp3) is 0.529. The van der Waals surface area contributed by atoms with E-state index in [0.717, 1.165) is 0 Å². The zero-order valence-electron chi connectivity index (χ0n) is 23.0. The topological polar surface area (TPSA) is 0 Å². The molecule has 5 rings (SSSR count). The fourth-order valence-corrected chi connectivity index (χ4v) is 9.27. The molecule has 0 bridgehead atoms. The molecule has 0 saturated carbocycles. The van der Waals surface area contributed by atoms with Gasteiger partial charge in [-0.2, -0.15) is 0 Å². The molecule has 0 spiro atoms. The first-order chi connectivity index (χ1) is 18.2. The van der Waals surface area contributed by atoms with Crippen molar-refractivity contribution in [1.82, 2.24) is 0 Å². The highest BCUT2D eigenvalue weighted by molar-refractivity contribution is 7.27. The molecule has 0 atom stereocenters. The van der Waals surface area contributed by atoms with Gasteiger partial charge >= 0.3 is 0 Å². The predicted molar refractivity (Wildman–Crippen MR) is 173 cm³/mol. The molecule has 0 N–H and O–H groups in total. The Morgan fingerprint density at radius 3 is 1.24 bits per heavy atom. The number of fused-ring (bicyclic) bond motifs is 5. The third-order valence-corrected chi connectivity index (χ3v) is 11.3. The summed E-state index contributed by atoms with van der Waals surface area (Å²) in [6.07, 6.45) is 21.9. The fourth-order valence-electron chi connectivity index (χ4n) is 5.71. The van der Waals surface area contributed by atoms with E-state index in [-0.39, 0.29) is 0 Å². The largest absolute Gasteiger partial charge is 0.140 e. The summed E-state index contributed by atoms with van der Waals surface area (Å²) in [6.45, 7) is 4.59. The van der Waals surface area contributed by atoms with E-state index in [4.69, 9.17) is 0 Å². The average Bonchev–Trinajstić information content (AvgIpc) is 3.58. The van der Waals surface area contributed by atoms with Crippen LogP contribution in [0, 0.1) is 0 Å². The minimum absolute atomic E-state index is 1.25. The van der Waals surface area contributed by atoms with Gasteiger partial charge in [0.1, 0.15) is 0 Å². The minimum atomic E-state index is 1.25. The summed E-state index contributed by atoms with van der Waals surface area (Å²) in [6, 6.07) is 14.8. The number of thiophene rings is 3. The summed E-state index contributed by atoms with van der Waals surface area (Å²) in [5.74, 6) is 0. The maximum Gasteiger partial charge on any atom is 0.0369 e. The van der Waals surface area contributed by atoms with Gasteiger partial charge in [0.15, 0.2) is 0 Å². The van der Waals surface area contributed by atoms with Crippen LogP contribution in [0.25, 0.3) is 40.3 Å². The molecule has 3 heteroatoms. The van der Waals surface area contributed by atoms with E-state index in [1.54, 1.807) is 9.75 Å². The molecule has 0 nitrogen and oxygen atoms in total. The Hall–Kier alpha value is -1.42. The Balaban J connectivity index is 1.24. The zero-order valence-corrected chi connectivity index (χ0v) is 25.5. The highest BCUT2D eigenvalue weighted by atomic mass is 32.1. The van der Waals surface area contributed by atoms with E-state index >= 15 is 0 Å². The molecule has 0 aliphatic carbocycles. The first-order valence-corrected chi connectivity index (χ1v) is 17.5. The number of rotatable bonds is 16. The molecule has 0 aliphatic rings. The molecule has 0 amide bonds. The maximum atomic E-state index is 2.48. The minimum Gasteiger partial charge on any atom is -0.140 e. The van der Waals surface area contributed by atoms with Crippen LogP contribution in [0.1, 0.15) is 113 Å². The Morgan fingerprint density at radius 1 is 0.405 bits per heavy atom. The van der Waals surface area contributed by atoms with Crippen LogP contribution in [0.2, 0.25) is 0 Å². The van der Waals surface area contributed by atoms with Crippen molar-refractivity contribution in [1.29, 1.82) is 0 Å². The van der Waals surface area contributed by atoms with E-state index in [2.05, 4.69) is 50.2 Å². The van der Waals surface area contributed by atoms with Crippen LogP contribution in [0.15, 0.2) is 36.4 Å². The lowest BCUT2D eigenvalue weighted by atomic mass is 10.1. The van der Waals surface area contributed by atoms with Crippen LogP contribution in [-0.4, -0.2) is 0 Å². The SMILES string of the molecule is CCCCCCCCCc1cc2cc3c(cc2s1)sc1cc2sc(CCCCCCCCC)cc2cc13. The summed E-state index contributed by atoms with van der Waals surface area (Å²) < 4.78 is 5.84. The van der Waals surface area contributed by atoms with Crippen molar-refractivity contribution in [3.63, 3.8) is 0 Å².